The van der Waals surface area contributed by atoms with E-state index < -0.39 is 5.60 Å². The Morgan fingerprint density at radius 2 is 2.42 bits per heavy atom. The van der Waals surface area contributed by atoms with Crippen LogP contribution < -0.4 is 5.32 Å². The summed E-state index contributed by atoms with van der Waals surface area (Å²) in [5, 5.41) is 22.6. The summed E-state index contributed by atoms with van der Waals surface area (Å²) in [6.07, 6.45) is 6.20. The summed E-state index contributed by atoms with van der Waals surface area (Å²) in [5.41, 5.74) is -0.641. The van der Waals surface area contributed by atoms with Crippen LogP contribution in [-0.4, -0.2) is 33.3 Å². The van der Waals surface area contributed by atoms with E-state index in [2.05, 4.69) is 17.2 Å². The Hall–Kier alpha value is -1.62. The fourth-order valence-electron chi connectivity index (χ4n) is 2.71. The first-order valence-electron chi connectivity index (χ1n) is 6.64. The molecule has 2 unspecified atom stereocenters. The van der Waals surface area contributed by atoms with Gasteiger partial charge in [0.25, 0.3) is 5.91 Å². The number of carbonyl (C=O) groups is 1. The first-order valence-corrected chi connectivity index (χ1v) is 6.64. The van der Waals surface area contributed by atoms with Crippen molar-refractivity contribution >= 4 is 5.91 Å². The molecule has 2 atom stereocenters. The molecule has 19 heavy (non-hydrogen) atoms. The highest BCUT2D eigenvalue weighted by atomic mass is 16.3. The number of amides is 1. The van der Waals surface area contributed by atoms with Crippen molar-refractivity contribution < 1.29 is 15.0 Å². The van der Waals surface area contributed by atoms with Crippen LogP contribution in [0.1, 0.15) is 43.0 Å². The number of aromatic nitrogens is 1. The standard InChI is InChI=1S/C14H20N2O3/c1-10-3-2-5-14(19,7-10)9-16-13(18)11-4-6-15-8-12(11)17/h4,6,8,10,17,19H,2-3,5,7,9H2,1H3,(H,16,18). The Morgan fingerprint density at radius 3 is 3.11 bits per heavy atom. The molecule has 3 N–H and O–H groups in total. The Balaban J connectivity index is 1.95. The molecule has 1 heterocycles. The van der Waals surface area contributed by atoms with Gasteiger partial charge in [0.05, 0.1) is 17.4 Å². The van der Waals surface area contributed by atoms with Gasteiger partial charge in [0.15, 0.2) is 0 Å². The maximum Gasteiger partial charge on any atom is 0.255 e. The molecule has 5 nitrogen and oxygen atoms in total. The minimum Gasteiger partial charge on any atom is -0.505 e. The summed E-state index contributed by atoms with van der Waals surface area (Å²) in [7, 11) is 0. The van der Waals surface area contributed by atoms with Crippen molar-refractivity contribution in [2.75, 3.05) is 6.54 Å². The monoisotopic (exact) mass is 264 g/mol. The summed E-state index contributed by atoms with van der Waals surface area (Å²) in [6.45, 7) is 2.33. The van der Waals surface area contributed by atoms with E-state index in [0.29, 0.717) is 18.8 Å². The van der Waals surface area contributed by atoms with Gasteiger partial charge in [0.1, 0.15) is 5.75 Å². The van der Waals surface area contributed by atoms with Crippen LogP contribution >= 0.6 is 0 Å². The van der Waals surface area contributed by atoms with Gasteiger partial charge >= 0.3 is 0 Å². The summed E-state index contributed by atoms with van der Waals surface area (Å²) in [6, 6.07) is 1.46. The first-order chi connectivity index (χ1) is 9.00. The van der Waals surface area contributed by atoms with Crippen molar-refractivity contribution in [2.45, 2.75) is 38.2 Å². The molecular formula is C14H20N2O3. The second-order valence-electron chi connectivity index (χ2n) is 5.50. The van der Waals surface area contributed by atoms with Gasteiger partial charge in [-0.25, -0.2) is 0 Å². The molecule has 1 aliphatic carbocycles. The van der Waals surface area contributed by atoms with Gasteiger partial charge in [-0.2, -0.15) is 0 Å². The number of nitrogens with zero attached hydrogens (tertiary/aromatic N) is 1. The van der Waals surface area contributed by atoms with Crippen molar-refractivity contribution in [1.29, 1.82) is 0 Å². The largest absolute Gasteiger partial charge is 0.505 e. The zero-order chi connectivity index (χ0) is 13.9. The van der Waals surface area contributed by atoms with E-state index in [0.717, 1.165) is 12.8 Å². The summed E-state index contributed by atoms with van der Waals surface area (Å²) in [4.78, 5) is 15.6. The number of hydrogen-bond donors (Lipinski definition) is 3. The van der Waals surface area contributed by atoms with Gasteiger partial charge in [-0.05, 0) is 24.8 Å². The maximum atomic E-state index is 11.9. The molecule has 1 amide bonds. The maximum absolute atomic E-state index is 11.9. The second kappa shape index (κ2) is 5.57. The van der Waals surface area contributed by atoms with E-state index in [-0.39, 0.29) is 23.8 Å². The smallest absolute Gasteiger partial charge is 0.255 e. The highest BCUT2D eigenvalue weighted by molar-refractivity contribution is 5.96. The van der Waals surface area contributed by atoms with Crippen LogP contribution in [0, 0.1) is 5.92 Å². The van der Waals surface area contributed by atoms with Gasteiger partial charge in [-0.3, -0.25) is 9.78 Å². The molecule has 104 valence electrons. The Kier molecular flexibility index (Phi) is 4.04. The van der Waals surface area contributed by atoms with Gasteiger partial charge in [-0.15, -0.1) is 0 Å². The number of rotatable bonds is 3. The molecule has 1 aromatic heterocycles. The minimum atomic E-state index is -0.823. The summed E-state index contributed by atoms with van der Waals surface area (Å²) < 4.78 is 0. The lowest BCUT2D eigenvalue weighted by molar-refractivity contribution is -0.0109. The van der Waals surface area contributed by atoms with Gasteiger partial charge in [-0.1, -0.05) is 19.8 Å². The average molecular weight is 264 g/mol. The predicted octanol–water partition coefficient (Wildman–Crippen LogP) is 1.46. The van der Waals surface area contributed by atoms with Crippen LogP contribution in [0.5, 0.6) is 5.75 Å². The van der Waals surface area contributed by atoms with Gasteiger partial charge < -0.3 is 15.5 Å². The fraction of sp³-hybridized carbons (Fsp3) is 0.571. The second-order valence-corrected chi connectivity index (χ2v) is 5.50. The average Bonchev–Trinajstić information content (AvgIpc) is 2.36. The third kappa shape index (κ3) is 3.44. The van der Waals surface area contributed by atoms with Crippen LogP contribution in [-0.2, 0) is 0 Å². The van der Waals surface area contributed by atoms with E-state index in [1.165, 1.54) is 18.5 Å². The summed E-state index contributed by atoms with van der Waals surface area (Å²) in [5.74, 6) is -0.0551. The molecule has 0 saturated heterocycles. The highest BCUT2D eigenvalue weighted by Gasteiger charge is 2.33. The lowest BCUT2D eigenvalue weighted by Crippen LogP contribution is -2.45. The lowest BCUT2D eigenvalue weighted by atomic mass is 9.79. The number of aromatic hydroxyl groups is 1. The molecule has 0 bridgehead atoms. The number of pyridine rings is 1. The zero-order valence-corrected chi connectivity index (χ0v) is 11.1. The van der Waals surface area contributed by atoms with Gasteiger partial charge in [0, 0.05) is 12.7 Å². The Labute approximate surface area is 112 Å². The van der Waals surface area contributed by atoms with Crippen molar-refractivity contribution in [3.63, 3.8) is 0 Å². The van der Waals surface area contributed by atoms with Crippen molar-refractivity contribution in [3.05, 3.63) is 24.0 Å². The molecule has 1 fully saturated rings. The molecule has 0 aliphatic heterocycles. The van der Waals surface area contributed by atoms with E-state index in [4.69, 9.17) is 0 Å². The fourth-order valence-corrected chi connectivity index (χ4v) is 2.71. The molecular weight excluding hydrogens is 244 g/mol. The number of hydrogen-bond acceptors (Lipinski definition) is 4. The van der Waals surface area contributed by atoms with Crippen LogP contribution in [0.4, 0.5) is 0 Å². The molecule has 1 aromatic rings. The number of nitrogens with one attached hydrogen (secondary N) is 1. The SMILES string of the molecule is CC1CCCC(O)(CNC(=O)c2ccncc2O)C1. The van der Waals surface area contributed by atoms with Crippen molar-refractivity contribution in [3.8, 4) is 5.75 Å². The molecule has 1 aliphatic rings. The van der Waals surface area contributed by atoms with E-state index in [9.17, 15) is 15.0 Å². The molecule has 0 aromatic carbocycles. The van der Waals surface area contributed by atoms with E-state index in [1.807, 2.05) is 0 Å². The van der Waals surface area contributed by atoms with E-state index in [1.54, 1.807) is 0 Å². The van der Waals surface area contributed by atoms with Crippen molar-refractivity contribution in [2.24, 2.45) is 5.92 Å². The molecule has 2 rings (SSSR count). The van der Waals surface area contributed by atoms with Crippen LogP contribution in [0.3, 0.4) is 0 Å². The van der Waals surface area contributed by atoms with Gasteiger partial charge in [0.2, 0.25) is 0 Å². The van der Waals surface area contributed by atoms with Crippen molar-refractivity contribution in [1.82, 2.24) is 10.3 Å². The first kappa shape index (κ1) is 13.8. The van der Waals surface area contributed by atoms with E-state index >= 15 is 0 Å². The molecule has 0 radical (unpaired) electrons. The number of carbonyl (C=O) groups excluding carboxylic acids is 1. The zero-order valence-electron chi connectivity index (χ0n) is 11.1. The normalized spacial score (nSPS) is 26.9. The third-order valence-corrected chi connectivity index (χ3v) is 3.69. The Morgan fingerprint density at radius 1 is 1.63 bits per heavy atom. The molecule has 5 heteroatoms. The third-order valence-electron chi connectivity index (χ3n) is 3.69. The van der Waals surface area contributed by atoms with Crippen LogP contribution in [0.15, 0.2) is 18.5 Å². The lowest BCUT2D eigenvalue weighted by Gasteiger charge is -2.35. The molecule has 0 spiro atoms. The predicted molar refractivity (Wildman–Crippen MR) is 70.8 cm³/mol. The quantitative estimate of drug-likeness (QED) is 0.772. The highest BCUT2D eigenvalue weighted by Crippen LogP contribution is 2.31. The van der Waals surface area contributed by atoms with Crippen LogP contribution in [0.2, 0.25) is 0 Å². The summed E-state index contributed by atoms with van der Waals surface area (Å²) >= 11 is 0. The Bertz CT molecular complexity index is 464. The number of aliphatic hydroxyl groups is 1. The van der Waals surface area contributed by atoms with Crippen LogP contribution in [0.25, 0.3) is 0 Å². The molecule has 1 saturated carbocycles. The topological polar surface area (TPSA) is 82.5 Å². The minimum absolute atomic E-state index is 0.149.